The summed E-state index contributed by atoms with van der Waals surface area (Å²) in [7, 11) is 0. The van der Waals surface area contributed by atoms with Gasteiger partial charge in [0.15, 0.2) is 0 Å². The van der Waals surface area contributed by atoms with Crippen molar-refractivity contribution in [2.24, 2.45) is 11.7 Å². The quantitative estimate of drug-likeness (QED) is 0.850. The van der Waals surface area contributed by atoms with Gasteiger partial charge in [-0.2, -0.15) is 0 Å². The number of hydrogen-bond acceptors (Lipinski definition) is 3. The predicted octanol–water partition coefficient (Wildman–Crippen LogP) is 2.40. The molecule has 0 bridgehead atoms. The van der Waals surface area contributed by atoms with Crippen LogP contribution in [-0.4, -0.2) is 24.5 Å². The Morgan fingerprint density at radius 3 is 3.12 bits per heavy atom. The van der Waals surface area contributed by atoms with E-state index in [9.17, 15) is 0 Å². The Kier molecular flexibility index (Phi) is 4.02. The van der Waals surface area contributed by atoms with E-state index in [-0.39, 0.29) is 0 Å². The Labute approximate surface area is 97.6 Å². The largest absolute Gasteiger partial charge is 0.472 e. The van der Waals surface area contributed by atoms with Gasteiger partial charge in [0, 0.05) is 18.7 Å². The van der Waals surface area contributed by atoms with Crippen LogP contribution in [-0.2, 0) is 0 Å². The third-order valence-corrected chi connectivity index (χ3v) is 3.72. The fraction of sp³-hybridized carbons (Fsp3) is 0.692. The second-order valence-corrected chi connectivity index (χ2v) is 4.72. The standard InChI is InChI=1S/C13H22N2O/c1-2-11-4-3-6-15(9-11)13(8-14)12-5-7-16-10-12/h5,7,10-11,13H,2-4,6,8-9,14H2,1H3. The zero-order valence-electron chi connectivity index (χ0n) is 10.1. The van der Waals surface area contributed by atoms with Crippen LogP contribution in [0.2, 0.25) is 0 Å². The molecule has 1 fully saturated rings. The normalized spacial score (nSPS) is 24.5. The number of piperidine rings is 1. The van der Waals surface area contributed by atoms with Gasteiger partial charge in [-0.1, -0.05) is 13.3 Å². The summed E-state index contributed by atoms with van der Waals surface area (Å²) in [6.45, 7) is 5.31. The summed E-state index contributed by atoms with van der Waals surface area (Å²) in [6.07, 6.45) is 7.51. The lowest BCUT2D eigenvalue weighted by molar-refractivity contribution is 0.124. The summed E-state index contributed by atoms with van der Waals surface area (Å²) in [5, 5.41) is 0. The van der Waals surface area contributed by atoms with Crippen LogP contribution in [0.3, 0.4) is 0 Å². The van der Waals surface area contributed by atoms with Crippen LogP contribution in [0.5, 0.6) is 0 Å². The van der Waals surface area contributed by atoms with Crippen molar-refractivity contribution in [3.8, 4) is 0 Å². The molecule has 90 valence electrons. The van der Waals surface area contributed by atoms with Crippen molar-refractivity contribution >= 4 is 0 Å². The average Bonchev–Trinajstić information content (AvgIpc) is 2.84. The number of likely N-dealkylation sites (tertiary alicyclic amines) is 1. The van der Waals surface area contributed by atoms with Crippen LogP contribution < -0.4 is 5.73 Å². The van der Waals surface area contributed by atoms with E-state index >= 15 is 0 Å². The van der Waals surface area contributed by atoms with Crippen LogP contribution in [0, 0.1) is 5.92 Å². The summed E-state index contributed by atoms with van der Waals surface area (Å²) in [5.74, 6) is 0.842. The van der Waals surface area contributed by atoms with Crippen molar-refractivity contribution in [2.45, 2.75) is 32.2 Å². The molecule has 1 aromatic rings. The minimum Gasteiger partial charge on any atom is -0.472 e. The smallest absolute Gasteiger partial charge is 0.0950 e. The van der Waals surface area contributed by atoms with Gasteiger partial charge in [0.25, 0.3) is 0 Å². The van der Waals surface area contributed by atoms with Crippen molar-refractivity contribution in [3.05, 3.63) is 24.2 Å². The van der Waals surface area contributed by atoms with E-state index in [1.807, 2.05) is 12.3 Å². The molecule has 0 saturated carbocycles. The van der Waals surface area contributed by atoms with E-state index in [1.54, 1.807) is 6.26 Å². The molecule has 2 N–H and O–H groups in total. The highest BCUT2D eigenvalue weighted by molar-refractivity contribution is 5.12. The molecular weight excluding hydrogens is 200 g/mol. The van der Waals surface area contributed by atoms with Gasteiger partial charge >= 0.3 is 0 Å². The number of nitrogens with two attached hydrogens (primary N) is 1. The van der Waals surface area contributed by atoms with Gasteiger partial charge in [-0.15, -0.1) is 0 Å². The zero-order chi connectivity index (χ0) is 11.4. The van der Waals surface area contributed by atoms with Crippen molar-refractivity contribution in [2.75, 3.05) is 19.6 Å². The average molecular weight is 222 g/mol. The van der Waals surface area contributed by atoms with Gasteiger partial charge < -0.3 is 10.2 Å². The third kappa shape index (κ3) is 2.47. The maximum atomic E-state index is 5.90. The SMILES string of the molecule is CCC1CCCN(C(CN)c2ccoc2)C1. The molecule has 1 saturated heterocycles. The first-order valence-corrected chi connectivity index (χ1v) is 6.31. The topological polar surface area (TPSA) is 42.4 Å². The molecule has 1 aliphatic heterocycles. The molecule has 1 aliphatic rings. The molecule has 0 spiro atoms. The van der Waals surface area contributed by atoms with E-state index in [0.717, 1.165) is 5.92 Å². The highest BCUT2D eigenvalue weighted by Gasteiger charge is 2.25. The van der Waals surface area contributed by atoms with Gasteiger partial charge in [-0.3, -0.25) is 4.90 Å². The molecule has 0 amide bonds. The second-order valence-electron chi connectivity index (χ2n) is 4.72. The van der Waals surface area contributed by atoms with Gasteiger partial charge in [0.05, 0.1) is 18.6 Å². The lowest BCUT2D eigenvalue weighted by Gasteiger charge is -2.37. The molecule has 2 heterocycles. The Morgan fingerprint density at radius 1 is 1.62 bits per heavy atom. The zero-order valence-corrected chi connectivity index (χ0v) is 10.1. The van der Waals surface area contributed by atoms with Crippen molar-refractivity contribution < 1.29 is 4.42 Å². The molecule has 0 radical (unpaired) electrons. The van der Waals surface area contributed by atoms with Crippen LogP contribution in [0.25, 0.3) is 0 Å². The summed E-state index contributed by atoms with van der Waals surface area (Å²) < 4.78 is 5.16. The third-order valence-electron chi connectivity index (χ3n) is 3.72. The lowest BCUT2D eigenvalue weighted by Crippen LogP contribution is -2.40. The number of hydrogen-bond donors (Lipinski definition) is 1. The lowest BCUT2D eigenvalue weighted by atomic mass is 9.93. The summed E-state index contributed by atoms with van der Waals surface area (Å²) >= 11 is 0. The number of nitrogens with zero attached hydrogens (tertiary/aromatic N) is 1. The summed E-state index contributed by atoms with van der Waals surface area (Å²) in [5.41, 5.74) is 7.12. The molecule has 3 heteroatoms. The van der Waals surface area contributed by atoms with Crippen LogP contribution >= 0.6 is 0 Å². The minimum atomic E-state index is 0.341. The highest BCUT2D eigenvalue weighted by Crippen LogP contribution is 2.27. The minimum absolute atomic E-state index is 0.341. The van der Waals surface area contributed by atoms with Gasteiger partial charge in [0.2, 0.25) is 0 Å². The van der Waals surface area contributed by atoms with E-state index in [4.69, 9.17) is 10.2 Å². The van der Waals surface area contributed by atoms with Gasteiger partial charge in [-0.05, 0) is 31.4 Å². The highest BCUT2D eigenvalue weighted by atomic mass is 16.3. The number of furan rings is 1. The molecule has 1 aromatic heterocycles. The van der Waals surface area contributed by atoms with Gasteiger partial charge in [0.1, 0.15) is 0 Å². The Bertz CT molecular complexity index is 297. The molecule has 16 heavy (non-hydrogen) atoms. The molecule has 3 nitrogen and oxygen atoms in total. The molecule has 0 aliphatic carbocycles. The molecule has 0 aromatic carbocycles. The van der Waals surface area contributed by atoms with E-state index in [0.29, 0.717) is 12.6 Å². The molecular formula is C13H22N2O. The Balaban J connectivity index is 2.03. The number of rotatable bonds is 4. The van der Waals surface area contributed by atoms with E-state index < -0.39 is 0 Å². The first kappa shape index (κ1) is 11.7. The van der Waals surface area contributed by atoms with Crippen LogP contribution in [0.1, 0.15) is 37.8 Å². The summed E-state index contributed by atoms with van der Waals surface area (Å²) in [4.78, 5) is 2.52. The van der Waals surface area contributed by atoms with Crippen molar-refractivity contribution in [1.29, 1.82) is 0 Å². The van der Waals surface area contributed by atoms with Crippen LogP contribution in [0.4, 0.5) is 0 Å². The fourth-order valence-corrected chi connectivity index (χ4v) is 2.67. The van der Waals surface area contributed by atoms with Crippen molar-refractivity contribution in [1.82, 2.24) is 4.90 Å². The van der Waals surface area contributed by atoms with Gasteiger partial charge in [-0.25, -0.2) is 0 Å². The predicted molar refractivity (Wildman–Crippen MR) is 65.1 cm³/mol. The second kappa shape index (κ2) is 5.51. The molecule has 2 unspecified atom stereocenters. The van der Waals surface area contributed by atoms with E-state index in [1.165, 1.54) is 37.9 Å². The molecule has 2 rings (SSSR count). The Morgan fingerprint density at radius 2 is 2.50 bits per heavy atom. The monoisotopic (exact) mass is 222 g/mol. The fourth-order valence-electron chi connectivity index (χ4n) is 2.67. The summed E-state index contributed by atoms with van der Waals surface area (Å²) in [6, 6.07) is 2.38. The van der Waals surface area contributed by atoms with E-state index in [2.05, 4.69) is 11.8 Å². The first-order valence-electron chi connectivity index (χ1n) is 6.31. The van der Waals surface area contributed by atoms with Crippen molar-refractivity contribution in [3.63, 3.8) is 0 Å². The first-order chi connectivity index (χ1) is 7.85. The van der Waals surface area contributed by atoms with Crippen LogP contribution in [0.15, 0.2) is 23.0 Å². The maximum absolute atomic E-state index is 5.90. The molecule has 2 atom stereocenters. The Hall–Kier alpha value is -0.800. The maximum Gasteiger partial charge on any atom is 0.0950 e.